The third-order valence-electron chi connectivity index (χ3n) is 2.34. The second-order valence-corrected chi connectivity index (χ2v) is 4.00. The molecule has 0 fully saturated rings. The Morgan fingerprint density at radius 3 is 2.67 bits per heavy atom. The molecule has 0 aliphatic heterocycles. The average Bonchev–Trinajstić information content (AvgIpc) is 2.35. The summed E-state index contributed by atoms with van der Waals surface area (Å²) in [5.41, 5.74) is 5.40. The standard InChI is InChI=1S/C12H14ClNO4/c1-3-9(12(14)16)18-11-7(6-15)4-8(13)5-10(11)17-2/h4-6,9H,3H2,1-2H3,(H2,14,16). The van der Waals surface area contributed by atoms with Gasteiger partial charge in [0.15, 0.2) is 23.9 Å². The van der Waals surface area contributed by atoms with Crippen LogP contribution in [0.1, 0.15) is 23.7 Å². The summed E-state index contributed by atoms with van der Waals surface area (Å²) in [5.74, 6) is -0.154. The molecule has 0 aromatic heterocycles. The zero-order valence-electron chi connectivity index (χ0n) is 10.1. The normalized spacial score (nSPS) is 11.7. The zero-order chi connectivity index (χ0) is 13.7. The van der Waals surface area contributed by atoms with Crippen molar-refractivity contribution in [3.63, 3.8) is 0 Å². The van der Waals surface area contributed by atoms with E-state index in [4.69, 9.17) is 26.8 Å². The molecule has 0 aliphatic rings. The van der Waals surface area contributed by atoms with Crippen molar-refractivity contribution in [3.05, 3.63) is 22.7 Å². The van der Waals surface area contributed by atoms with Crippen molar-refractivity contribution < 1.29 is 19.1 Å². The van der Waals surface area contributed by atoms with E-state index in [1.54, 1.807) is 6.92 Å². The third kappa shape index (κ3) is 3.13. The van der Waals surface area contributed by atoms with Crippen molar-refractivity contribution in [2.45, 2.75) is 19.4 Å². The number of nitrogens with two attached hydrogens (primary N) is 1. The van der Waals surface area contributed by atoms with Gasteiger partial charge in [-0.15, -0.1) is 0 Å². The monoisotopic (exact) mass is 271 g/mol. The number of rotatable bonds is 6. The van der Waals surface area contributed by atoms with Crippen molar-refractivity contribution in [2.75, 3.05) is 7.11 Å². The first-order valence-corrected chi connectivity index (χ1v) is 5.70. The molecule has 1 atom stereocenters. The SMILES string of the molecule is CCC(Oc1c(C=O)cc(Cl)cc1OC)C(N)=O. The van der Waals surface area contributed by atoms with Crippen molar-refractivity contribution in [2.24, 2.45) is 5.73 Å². The summed E-state index contributed by atoms with van der Waals surface area (Å²) in [6, 6.07) is 2.93. The van der Waals surface area contributed by atoms with Gasteiger partial charge in [-0.25, -0.2) is 0 Å². The van der Waals surface area contributed by atoms with Crippen molar-refractivity contribution in [1.82, 2.24) is 0 Å². The fraction of sp³-hybridized carbons (Fsp3) is 0.333. The molecule has 0 aliphatic carbocycles. The molecule has 1 aromatic carbocycles. The number of amides is 1. The van der Waals surface area contributed by atoms with Crippen molar-refractivity contribution >= 4 is 23.8 Å². The molecule has 0 saturated heterocycles. The van der Waals surface area contributed by atoms with Crippen molar-refractivity contribution in [1.29, 1.82) is 0 Å². The molecule has 0 bridgehead atoms. The molecule has 0 heterocycles. The number of carbonyl (C=O) groups excluding carboxylic acids is 2. The highest BCUT2D eigenvalue weighted by atomic mass is 35.5. The molecule has 18 heavy (non-hydrogen) atoms. The molecule has 0 saturated carbocycles. The lowest BCUT2D eigenvalue weighted by Gasteiger charge is -2.18. The van der Waals surface area contributed by atoms with Gasteiger partial charge in [0.05, 0.1) is 12.7 Å². The lowest BCUT2D eigenvalue weighted by atomic mass is 10.2. The molecule has 1 unspecified atom stereocenters. The van der Waals surface area contributed by atoms with Crippen LogP contribution in [0.2, 0.25) is 5.02 Å². The maximum atomic E-state index is 11.1. The summed E-state index contributed by atoms with van der Waals surface area (Å²) in [5, 5.41) is 0.341. The van der Waals surface area contributed by atoms with Gasteiger partial charge in [0.25, 0.3) is 5.91 Å². The van der Waals surface area contributed by atoms with Gasteiger partial charge in [-0.2, -0.15) is 0 Å². The fourth-order valence-electron chi connectivity index (χ4n) is 1.44. The predicted octanol–water partition coefficient (Wildman–Crippen LogP) is 1.80. The summed E-state index contributed by atoms with van der Waals surface area (Å²) >= 11 is 5.83. The van der Waals surface area contributed by atoms with Gasteiger partial charge < -0.3 is 15.2 Å². The minimum Gasteiger partial charge on any atom is -0.493 e. The summed E-state index contributed by atoms with van der Waals surface area (Å²) < 4.78 is 10.5. The Kier molecular flexibility index (Phi) is 4.97. The van der Waals surface area contributed by atoms with Gasteiger partial charge in [0, 0.05) is 11.1 Å². The van der Waals surface area contributed by atoms with Crippen LogP contribution in [0, 0.1) is 0 Å². The number of halogens is 1. The number of carbonyl (C=O) groups is 2. The quantitative estimate of drug-likeness (QED) is 0.800. The molecule has 98 valence electrons. The van der Waals surface area contributed by atoms with Crippen LogP contribution in [-0.2, 0) is 4.79 Å². The number of benzene rings is 1. The lowest BCUT2D eigenvalue weighted by Crippen LogP contribution is -2.33. The first-order chi connectivity index (χ1) is 8.53. The molecule has 6 heteroatoms. The van der Waals surface area contributed by atoms with Gasteiger partial charge >= 0.3 is 0 Å². The lowest BCUT2D eigenvalue weighted by molar-refractivity contribution is -0.124. The molecule has 1 amide bonds. The van der Waals surface area contributed by atoms with Gasteiger partial charge in [-0.3, -0.25) is 9.59 Å². The molecule has 1 rings (SSSR count). The van der Waals surface area contributed by atoms with Crippen LogP contribution in [0.4, 0.5) is 0 Å². The Labute approximate surface area is 110 Å². The van der Waals surface area contributed by atoms with E-state index < -0.39 is 12.0 Å². The van der Waals surface area contributed by atoms with Crippen LogP contribution < -0.4 is 15.2 Å². The number of ether oxygens (including phenoxy) is 2. The Hall–Kier alpha value is -1.75. The topological polar surface area (TPSA) is 78.6 Å². The number of methoxy groups -OCH3 is 1. The smallest absolute Gasteiger partial charge is 0.258 e. The summed E-state index contributed by atoms with van der Waals surface area (Å²) in [6.07, 6.45) is 0.149. The number of hydrogen-bond acceptors (Lipinski definition) is 4. The van der Waals surface area contributed by atoms with Crippen LogP contribution >= 0.6 is 11.6 Å². The number of hydrogen-bond donors (Lipinski definition) is 1. The summed E-state index contributed by atoms with van der Waals surface area (Å²) in [4.78, 5) is 22.1. The molecule has 2 N–H and O–H groups in total. The highest BCUT2D eigenvalue weighted by Crippen LogP contribution is 2.34. The highest BCUT2D eigenvalue weighted by Gasteiger charge is 2.20. The largest absolute Gasteiger partial charge is 0.493 e. The van der Waals surface area contributed by atoms with E-state index in [1.807, 2.05) is 0 Å². The van der Waals surface area contributed by atoms with E-state index in [1.165, 1.54) is 19.2 Å². The molecule has 5 nitrogen and oxygen atoms in total. The predicted molar refractivity (Wildman–Crippen MR) is 67.3 cm³/mol. The van der Waals surface area contributed by atoms with Gasteiger partial charge in [-0.1, -0.05) is 18.5 Å². The van der Waals surface area contributed by atoms with Gasteiger partial charge in [0.1, 0.15) is 0 Å². The van der Waals surface area contributed by atoms with E-state index in [0.29, 0.717) is 17.7 Å². The number of aldehydes is 1. The fourth-order valence-corrected chi connectivity index (χ4v) is 1.66. The Bertz CT molecular complexity index is 462. The van der Waals surface area contributed by atoms with E-state index in [9.17, 15) is 9.59 Å². The van der Waals surface area contributed by atoms with E-state index in [-0.39, 0.29) is 17.1 Å². The molecule has 0 spiro atoms. The maximum Gasteiger partial charge on any atom is 0.258 e. The first-order valence-electron chi connectivity index (χ1n) is 5.32. The molecule has 1 aromatic rings. The highest BCUT2D eigenvalue weighted by molar-refractivity contribution is 6.31. The molecule has 0 radical (unpaired) electrons. The Balaban J connectivity index is 3.20. The maximum absolute atomic E-state index is 11.1. The van der Waals surface area contributed by atoms with Crippen LogP contribution in [0.25, 0.3) is 0 Å². The van der Waals surface area contributed by atoms with Gasteiger partial charge in [0.2, 0.25) is 0 Å². The number of primary amides is 1. The summed E-state index contributed by atoms with van der Waals surface area (Å²) in [6.45, 7) is 1.75. The second kappa shape index (κ2) is 6.26. The van der Waals surface area contributed by atoms with Crippen LogP contribution in [0.5, 0.6) is 11.5 Å². The summed E-state index contributed by atoms with van der Waals surface area (Å²) in [7, 11) is 1.42. The third-order valence-corrected chi connectivity index (χ3v) is 2.56. The minimum atomic E-state index is -0.821. The average molecular weight is 272 g/mol. The molecular formula is C12H14ClNO4. The van der Waals surface area contributed by atoms with E-state index in [2.05, 4.69) is 0 Å². The van der Waals surface area contributed by atoms with Gasteiger partial charge in [-0.05, 0) is 12.5 Å². The van der Waals surface area contributed by atoms with Crippen LogP contribution in [-0.4, -0.2) is 25.4 Å². The Morgan fingerprint density at radius 2 is 2.22 bits per heavy atom. The van der Waals surface area contributed by atoms with E-state index >= 15 is 0 Å². The molecular weight excluding hydrogens is 258 g/mol. The minimum absolute atomic E-state index is 0.169. The Morgan fingerprint density at radius 1 is 1.56 bits per heavy atom. The van der Waals surface area contributed by atoms with Crippen LogP contribution in [0.15, 0.2) is 12.1 Å². The first kappa shape index (κ1) is 14.3. The zero-order valence-corrected chi connectivity index (χ0v) is 10.9. The second-order valence-electron chi connectivity index (χ2n) is 3.56. The van der Waals surface area contributed by atoms with E-state index in [0.717, 1.165) is 0 Å². The van der Waals surface area contributed by atoms with Crippen molar-refractivity contribution in [3.8, 4) is 11.5 Å². The van der Waals surface area contributed by atoms with Crippen LogP contribution in [0.3, 0.4) is 0 Å².